The van der Waals surface area contributed by atoms with E-state index in [1.807, 2.05) is 6.92 Å². The van der Waals surface area contributed by atoms with E-state index in [1.165, 1.54) is 12.8 Å². The maximum Gasteiger partial charge on any atom is 0.407 e. The van der Waals surface area contributed by atoms with Gasteiger partial charge < -0.3 is 10.1 Å². The van der Waals surface area contributed by atoms with E-state index >= 15 is 0 Å². The zero-order valence-electron chi connectivity index (χ0n) is 5.96. The minimum absolute atomic E-state index is 0.0833. The number of carbonyl (C=O) groups is 1. The summed E-state index contributed by atoms with van der Waals surface area (Å²) in [5.74, 6) is 0.696. The molecule has 2 atom stereocenters. The van der Waals surface area contributed by atoms with Crippen LogP contribution in [0.25, 0.3) is 0 Å². The fourth-order valence-corrected chi connectivity index (χ4v) is 1.49. The van der Waals surface area contributed by atoms with E-state index in [4.69, 9.17) is 4.74 Å². The third-order valence-electron chi connectivity index (χ3n) is 2.21. The molecule has 1 N–H and O–H groups in total. The van der Waals surface area contributed by atoms with Gasteiger partial charge in [0.25, 0.3) is 0 Å². The topological polar surface area (TPSA) is 38.3 Å². The number of alkyl carbamates (subject to hydrolysis) is 1. The second-order valence-corrected chi connectivity index (χ2v) is 3.12. The van der Waals surface area contributed by atoms with Crippen molar-refractivity contribution in [1.82, 2.24) is 5.32 Å². The van der Waals surface area contributed by atoms with Crippen LogP contribution in [0.5, 0.6) is 0 Å². The Morgan fingerprint density at radius 2 is 2.30 bits per heavy atom. The highest BCUT2D eigenvalue weighted by Gasteiger charge is 2.41. The lowest BCUT2D eigenvalue weighted by molar-refractivity contribution is 0.139. The molecular weight excluding hydrogens is 130 g/mol. The second kappa shape index (κ2) is 1.87. The van der Waals surface area contributed by atoms with Crippen LogP contribution >= 0.6 is 0 Å². The van der Waals surface area contributed by atoms with Gasteiger partial charge >= 0.3 is 6.09 Å². The lowest BCUT2D eigenvalue weighted by Crippen LogP contribution is -2.31. The van der Waals surface area contributed by atoms with Gasteiger partial charge in [-0.25, -0.2) is 4.79 Å². The van der Waals surface area contributed by atoms with Gasteiger partial charge in [-0.05, 0) is 25.7 Å². The Morgan fingerprint density at radius 1 is 1.60 bits per heavy atom. The summed E-state index contributed by atoms with van der Waals surface area (Å²) in [4.78, 5) is 10.7. The van der Waals surface area contributed by atoms with Gasteiger partial charge in [0.05, 0.1) is 6.04 Å². The van der Waals surface area contributed by atoms with Crippen molar-refractivity contribution in [2.75, 3.05) is 0 Å². The molecule has 0 aromatic rings. The molecular formula is C7H11NO2. The van der Waals surface area contributed by atoms with E-state index in [0.717, 1.165) is 0 Å². The number of rotatable bonds is 1. The molecule has 1 aliphatic heterocycles. The molecule has 56 valence electrons. The second-order valence-electron chi connectivity index (χ2n) is 3.12. The van der Waals surface area contributed by atoms with Crippen molar-refractivity contribution in [1.29, 1.82) is 0 Å². The predicted molar refractivity (Wildman–Crippen MR) is 35.6 cm³/mol. The molecule has 3 heteroatoms. The summed E-state index contributed by atoms with van der Waals surface area (Å²) >= 11 is 0. The fraction of sp³-hybridized carbons (Fsp3) is 0.857. The zero-order valence-corrected chi connectivity index (χ0v) is 5.96. The number of hydrogen-bond donors (Lipinski definition) is 1. The molecule has 10 heavy (non-hydrogen) atoms. The molecule has 1 amide bonds. The van der Waals surface area contributed by atoms with Crippen LogP contribution in [0.3, 0.4) is 0 Å². The molecule has 2 fully saturated rings. The molecule has 0 spiro atoms. The van der Waals surface area contributed by atoms with E-state index in [2.05, 4.69) is 5.32 Å². The molecule has 0 unspecified atom stereocenters. The van der Waals surface area contributed by atoms with Gasteiger partial charge in [-0.2, -0.15) is 0 Å². The van der Waals surface area contributed by atoms with E-state index < -0.39 is 0 Å². The first-order valence-corrected chi connectivity index (χ1v) is 3.74. The molecule has 0 radical (unpaired) electrons. The molecule has 2 rings (SSSR count). The highest BCUT2D eigenvalue weighted by atomic mass is 16.6. The standard InChI is InChI=1S/C7H11NO2/c1-4-6(5-2-3-5)8-7(9)10-4/h4-6H,2-3H2,1H3,(H,8,9)/t4-,6-/m1/s1. The quantitative estimate of drug-likeness (QED) is 0.589. The molecule has 2 aliphatic rings. The molecule has 3 nitrogen and oxygen atoms in total. The van der Waals surface area contributed by atoms with Gasteiger partial charge in [0.15, 0.2) is 0 Å². The smallest absolute Gasteiger partial charge is 0.407 e. The molecule has 0 aromatic heterocycles. The van der Waals surface area contributed by atoms with Crippen molar-refractivity contribution in [2.24, 2.45) is 5.92 Å². The van der Waals surface area contributed by atoms with Crippen LogP contribution in [-0.2, 0) is 4.74 Å². The van der Waals surface area contributed by atoms with Gasteiger partial charge in [0.1, 0.15) is 6.10 Å². The first kappa shape index (κ1) is 6.01. The van der Waals surface area contributed by atoms with Crippen LogP contribution in [0, 0.1) is 5.92 Å². The summed E-state index contributed by atoms with van der Waals surface area (Å²) in [7, 11) is 0. The maximum atomic E-state index is 10.7. The summed E-state index contributed by atoms with van der Waals surface area (Å²) in [5, 5.41) is 2.80. The monoisotopic (exact) mass is 141 g/mol. The van der Waals surface area contributed by atoms with Crippen LogP contribution in [0.2, 0.25) is 0 Å². The number of ether oxygens (including phenoxy) is 1. The Balaban J connectivity index is 2.01. The minimum atomic E-state index is -0.246. The largest absolute Gasteiger partial charge is 0.444 e. The van der Waals surface area contributed by atoms with E-state index in [9.17, 15) is 4.79 Å². The minimum Gasteiger partial charge on any atom is -0.444 e. The van der Waals surface area contributed by atoms with Crippen LogP contribution in [-0.4, -0.2) is 18.2 Å². The average molecular weight is 141 g/mol. The van der Waals surface area contributed by atoms with Crippen LogP contribution in [0.1, 0.15) is 19.8 Å². The van der Waals surface area contributed by atoms with Crippen LogP contribution in [0.15, 0.2) is 0 Å². The first-order valence-electron chi connectivity index (χ1n) is 3.74. The van der Waals surface area contributed by atoms with Gasteiger partial charge in [-0.15, -0.1) is 0 Å². The van der Waals surface area contributed by atoms with Crippen molar-refractivity contribution in [3.05, 3.63) is 0 Å². The molecule has 1 saturated carbocycles. The van der Waals surface area contributed by atoms with Gasteiger partial charge in [0.2, 0.25) is 0 Å². The van der Waals surface area contributed by atoms with E-state index in [0.29, 0.717) is 12.0 Å². The Bertz CT molecular complexity index is 165. The molecule has 1 saturated heterocycles. The van der Waals surface area contributed by atoms with Gasteiger partial charge in [-0.3, -0.25) is 0 Å². The number of amides is 1. The van der Waals surface area contributed by atoms with Crippen LogP contribution in [0.4, 0.5) is 4.79 Å². The van der Waals surface area contributed by atoms with E-state index in [1.54, 1.807) is 0 Å². The Labute approximate surface area is 59.7 Å². The van der Waals surface area contributed by atoms with Crippen LogP contribution < -0.4 is 5.32 Å². The Hall–Kier alpha value is -0.730. The van der Waals surface area contributed by atoms with E-state index in [-0.39, 0.29) is 12.2 Å². The highest BCUT2D eigenvalue weighted by Crippen LogP contribution is 2.36. The van der Waals surface area contributed by atoms with Crippen molar-refractivity contribution >= 4 is 6.09 Å². The van der Waals surface area contributed by atoms with Crippen molar-refractivity contribution < 1.29 is 9.53 Å². The number of cyclic esters (lactones) is 1. The summed E-state index contributed by atoms with van der Waals surface area (Å²) < 4.78 is 4.93. The normalized spacial score (nSPS) is 39.1. The lowest BCUT2D eigenvalue weighted by Gasteiger charge is -2.09. The Morgan fingerprint density at radius 3 is 2.70 bits per heavy atom. The number of hydrogen-bond acceptors (Lipinski definition) is 2. The molecule has 0 bridgehead atoms. The van der Waals surface area contributed by atoms with Crippen molar-refractivity contribution in [2.45, 2.75) is 31.9 Å². The molecule has 0 aromatic carbocycles. The van der Waals surface area contributed by atoms with Gasteiger partial charge in [-0.1, -0.05) is 0 Å². The summed E-state index contributed by atoms with van der Waals surface area (Å²) in [5.41, 5.74) is 0. The van der Waals surface area contributed by atoms with Crippen molar-refractivity contribution in [3.8, 4) is 0 Å². The third-order valence-corrected chi connectivity index (χ3v) is 2.21. The fourth-order valence-electron chi connectivity index (χ4n) is 1.49. The SMILES string of the molecule is C[C@H]1OC(=O)N[C@H]1C1CC1. The zero-order chi connectivity index (χ0) is 7.14. The van der Waals surface area contributed by atoms with Crippen molar-refractivity contribution in [3.63, 3.8) is 0 Å². The highest BCUT2D eigenvalue weighted by molar-refractivity contribution is 5.70. The molecule has 1 aliphatic carbocycles. The van der Waals surface area contributed by atoms with Gasteiger partial charge in [0, 0.05) is 0 Å². The Kier molecular flexibility index (Phi) is 1.13. The average Bonchev–Trinajstić information content (AvgIpc) is 2.61. The first-order chi connectivity index (χ1) is 4.77. The lowest BCUT2D eigenvalue weighted by atomic mass is 10.1. The predicted octanol–water partition coefficient (Wildman–Crippen LogP) is 0.893. The summed E-state index contributed by atoms with van der Waals surface area (Å²) in [6.07, 6.45) is 2.33. The number of nitrogens with one attached hydrogen (secondary N) is 1. The number of carbonyl (C=O) groups excluding carboxylic acids is 1. The molecule has 1 heterocycles. The third kappa shape index (κ3) is 0.856. The maximum absolute atomic E-state index is 10.7. The summed E-state index contributed by atoms with van der Waals surface area (Å²) in [6, 6.07) is 0.299. The summed E-state index contributed by atoms with van der Waals surface area (Å²) in [6.45, 7) is 1.95.